The van der Waals surface area contributed by atoms with Crippen LogP contribution in [0.4, 0.5) is 0 Å². The van der Waals surface area contributed by atoms with Gasteiger partial charge in [-0.05, 0) is 43.7 Å². The van der Waals surface area contributed by atoms with Gasteiger partial charge in [0.2, 0.25) is 0 Å². The van der Waals surface area contributed by atoms with Gasteiger partial charge in [-0.15, -0.1) is 0 Å². The van der Waals surface area contributed by atoms with E-state index in [0.717, 1.165) is 12.3 Å². The molecule has 1 aromatic rings. The number of rotatable bonds is 5. The molecule has 1 unspecified atom stereocenters. The predicted octanol–water partition coefficient (Wildman–Crippen LogP) is 3.30. The Balaban J connectivity index is 2.39. The van der Waals surface area contributed by atoms with Crippen LogP contribution in [-0.4, -0.2) is 31.1 Å². The Hall–Kier alpha value is -1.53. The van der Waals surface area contributed by atoms with Gasteiger partial charge in [-0.3, -0.25) is 4.90 Å². The molecule has 0 radical (unpaired) electrons. The lowest BCUT2D eigenvalue weighted by atomic mass is 9.87. The molecule has 0 aliphatic carbocycles. The van der Waals surface area contributed by atoms with Crippen LogP contribution < -0.4 is 4.74 Å². The number of hydrogen-bond donors (Lipinski definition) is 0. The molecule has 1 atom stereocenters. The van der Waals surface area contributed by atoms with E-state index in [9.17, 15) is 0 Å². The Morgan fingerprint density at radius 3 is 2.32 bits per heavy atom. The molecule has 0 bridgehead atoms. The van der Waals surface area contributed by atoms with Gasteiger partial charge >= 0.3 is 0 Å². The van der Waals surface area contributed by atoms with Crippen LogP contribution in [0.2, 0.25) is 0 Å². The van der Waals surface area contributed by atoms with Crippen molar-refractivity contribution in [1.82, 2.24) is 4.90 Å². The summed E-state index contributed by atoms with van der Waals surface area (Å²) in [6, 6.07) is 9.82. The molecule has 0 saturated carbocycles. The lowest BCUT2D eigenvalue weighted by molar-refractivity contribution is 0.121. The van der Waals surface area contributed by atoms with E-state index in [4.69, 9.17) is 10.00 Å². The van der Waals surface area contributed by atoms with Crippen LogP contribution in [0.15, 0.2) is 24.3 Å². The van der Waals surface area contributed by atoms with E-state index in [0.29, 0.717) is 18.2 Å². The predicted molar refractivity (Wildman–Crippen MR) is 78.2 cm³/mol. The van der Waals surface area contributed by atoms with Crippen LogP contribution in [0, 0.1) is 16.7 Å². The van der Waals surface area contributed by atoms with E-state index in [1.165, 1.54) is 0 Å². The van der Waals surface area contributed by atoms with Gasteiger partial charge in [0.05, 0.1) is 11.6 Å². The summed E-state index contributed by atoms with van der Waals surface area (Å²) >= 11 is 0. The van der Waals surface area contributed by atoms with Gasteiger partial charge in [0.1, 0.15) is 12.4 Å². The van der Waals surface area contributed by atoms with Crippen LogP contribution >= 0.6 is 0 Å². The summed E-state index contributed by atoms with van der Waals surface area (Å²) in [5, 5.41) is 8.72. The SMILES string of the molecule is CC(N(C)CCOc1ccc(C#N)cc1)C(C)(C)C. The molecule has 0 aromatic heterocycles. The van der Waals surface area contributed by atoms with Crippen molar-refractivity contribution in [3.05, 3.63) is 29.8 Å². The zero-order chi connectivity index (χ0) is 14.5. The monoisotopic (exact) mass is 260 g/mol. The summed E-state index contributed by atoms with van der Waals surface area (Å²) < 4.78 is 5.69. The standard InChI is InChI=1S/C16H24N2O/c1-13(16(2,3)4)18(5)10-11-19-15-8-6-14(12-17)7-9-15/h6-9,13H,10-11H2,1-5H3. The number of hydrogen-bond acceptors (Lipinski definition) is 3. The molecule has 1 rings (SSSR count). The molecule has 0 spiro atoms. The minimum absolute atomic E-state index is 0.267. The average molecular weight is 260 g/mol. The number of benzene rings is 1. The van der Waals surface area contributed by atoms with E-state index in [1.807, 2.05) is 12.1 Å². The lowest BCUT2D eigenvalue weighted by Gasteiger charge is -2.35. The van der Waals surface area contributed by atoms with Gasteiger partial charge in [-0.2, -0.15) is 5.26 Å². The van der Waals surface area contributed by atoms with Crippen LogP contribution in [0.1, 0.15) is 33.3 Å². The molecular weight excluding hydrogens is 236 g/mol. The zero-order valence-electron chi connectivity index (χ0n) is 12.6. The molecular formula is C16H24N2O. The number of nitriles is 1. The Morgan fingerprint density at radius 2 is 1.84 bits per heavy atom. The van der Waals surface area contributed by atoms with Crippen molar-refractivity contribution in [2.45, 2.75) is 33.7 Å². The topological polar surface area (TPSA) is 36.3 Å². The Bertz CT molecular complexity index is 426. The fourth-order valence-corrected chi connectivity index (χ4v) is 1.79. The average Bonchev–Trinajstić information content (AvgIpc) is 2.37. The van der Waals surface area contributed by atoms with Crippen molar-refractivity contribution in [3.8, 4) is 11.8 Å². The van der Waals surface area contributed by atoms with Crippen molar-refractivity contribution in [2.75, 3.05) is 20.2 Å². The summed E-state index contributed by atoms with van der Waals surface area (Å²) in [4.78, 5) is 2.31. The highest BCUT2D eigenvalue weighted by Crippen LogP contribution is 2.22. The molecule has 104 valence electrons. The summed E-state index contributed by atoms with van der Waals surface area (Å²) in [7, 11) is 2.12. The van der Waals surface area contributed by atoms with Gasteiger partial charge in [-0.1, -0.05) is 20.8 Å². The molecule has 0 aliphatic heterocycles. The Kier molecular flexibility index (Phi) is 5.38. The quantitative estimate of drug-likeness (QED) is 0.815. The van der Waals surface area contributed by atoms with Crippen molar-refractivity contribution >= 4 is 0 Å². The van der Waals surface area contributed by atoms with E-state index >= 15 is 0 Å². The molecule has 0 amide bonds. The maximum atomic E-state index is 8.72. The van der Waals surface area contributed by atoms with Crippen LogP contribution in [0.3, 0.4) is 0 Å². The zero-order valence-corrected chi connectivity index (χ0v) is 12.6. The fraction of sp³-hybridized carbons (Fsp3) is 0.562. The first-order valence-electron chi connectivity index (χ1n) is 6.68. The number of likely N-dealkylation sites (N-methyl/N-ethyl adjacent to an activating group) is 1. The second kappa shape index (κ2) is 6.58. The van der Waals surface area contributed by atoms with E-state index < -0.39 is 0 Å². The molecule has 19 heavy (non-hydrogen) atoms. The summed E-state index contributed by atoms with van der Waals surface area (Å²) in [6.45, 7) is 10.5. The highest BCUT2D eigenvalue weighted by molar-refractivity contribution is 5.34. The molecule has 0 aliphatic rings. The van der Waals surface area contributed by atoms with Gasteiger partial charge in [0.15, 0.2) is 0 Å². The normalized spacial score (nSPS) is 13.1. The third kappa shape index (κ3) is 4.92. The second-order valence-corrected chi connectivity index (χ2v) is 6.01. The van der Waals surface area contributed by atoms with Crippen LogP contribution in [-0.2, 0) is 0 Å². The minimum Gasteiger partial charge on any atom is -0.492 e. The molecule has 0 N–H and O–H groups in total. The summed E-state index contributed by atoms with van der Waals surface area (Å²) in [6.07, 6.45) is 0. The van der Waals surface area contributed by atoms with Gasteiger partial charge in [-0.25, -0.2) is 0 Å². The third-order valence-corrected chi connectivity index (χ3v) is 3.61. The third-order valence-electron chi connectivity index (χ3n) is 3.61. The maximum absolute atomic E-state index is 8.72. The van der Waals surface area contributed by atoms with Gasteiger partial charge < -0.3 is 4.74 Å². The summed E-state index contributed by atoms with van der Waals surface area (Å²) in [5.41, 5.74) is 0.925. The van der Waals surface area contributed by atoms with E-state index in [1.54, 1.807) is 12.1 Å². The van der Waals surface area contributed by atoms with Crippen LogP contribution in [0.5, 0.6) is 5.75 Å². The number of ether oxygens (including phenoxy) is 1. The van der Waals surface area contributed by atoms with E-state index in [2.05, 4.69) is 45.7 Å². The van der Waals surface area contributed by atoms with Crippen molar-refractivity contribution < 1.29 is 4.74 Å². The van der Waals surface area contributed by atoms with Gasteiger partial charge in [0.25, 0.3) is 0 Å². The molecule has 0 saturated heterocycles. The second-order valence-electron chi connectivity index (χ2n) is 6.01. The maximum Gasteiger partial charge on any atom is 0.119 e. The lowest BCUT2D eigenvalue weighted by Crippen LogP contribution is -2.41. The first-order chi connectivity index (χ1) is 8.84. The smallest absolute Gasteiger partial charge is 0.119 e. The van der Waals surface area contributed by atoms with Gasteiger partial charge in [0, 0.05) is 12.6 Å². The largest absolute Gasteiger partial charge is 0.492 e. The van der Waals surface area contributed by atoms with Crippen molar-refractivity contribution in [3.63, 3.8) is 0 Å². The minimum atomic E-state index is 0.267. The highest BCUT2D eigenvalue weighted by atomic mass is 16.5. The first kappa shape index (κ1) is 15.5. The molecule has 3 nitrogen and oxygen atoms in total. The molecule has 3 heteroatoms. The Labute approximate surface area is 116 Å². The molecule has 0 fully saturated rings. The first-order valence-corrected chi connectivity index (χ1v) is 6.68. The highest BCUT2D eigenvalue weighted by Gasteiger charge is 2.23. The molecule has 0 heterocycles. The van der Waals surface area contributed by atoms with Crippen molar-refractivity contribution in [2.24, 2.45) is 5.41 Å². The summed E-state index contributed by atoms with van der Waals surface area (Å²) in [5.74, 6) is 0.816. The Morgan fingerprint density at radius 1 is 1.26 bits per heavy atom. The van der Waals surface area contributed by atoms with E-state index in [-0.39, 0.29) is 5.41 Å². The van der Waals surface area contributed by atoms with Crippen molar-refractivity contribution in [1.29, 1.82) is 5.26 Å². The molecule has 1 aromatic carbocycles. The number of nitrogens with zero attached hydrogens (tertiary/aromatic N) is 2. The van der Waals surface area contributed by atoms with Crippen LogP contribution in [0.25, 0.3) is 0 Å². The fourth-order valence-electron chi connectivity index (χ4n) is 1.79.